The first kappa shape index (κ1) is 6.03. The molecule has 0 saturated carbocycles. The van der Waals surface area contributed by atoms with Gasteiger partial charge in [0.25, 0.3) is 0 Å². The predicted molar refractivity (Wildman–Crippen MR) is 31.5 cm³/mol. The minimum atomic E-state index is 0.345. The summed E-state index contributed by atoms with van der Waals surface area (Å²) in [6.07, 6.45) is 1.31. The fourth-order valence-corrected chi connectivity index (χ4v) is 0.429. The van der Waals surface area contributed by atoms with E-state index in [0.29, 0.717) is 12.6 Å². The van der Waals surface area contributed by atoms with E-state index in [1.54, 1.807) is 0 Å². The molecule has 0 amide bonds. The maximum Gasteiger partial charge on any atom is 0.337 e. The van der Waals surface area contributed by atoms with Gasteiger partial charge < -0.3 is 4.52 Å². The molecule has 0 aliphatic rings. The van der Waals surface area contributed by atoms with Gasteiger partial charge in [0.15, 0.2) is 6.33 Å². The smallest absolute Gasteiger partial charge is 0.314 e. The zero-order valence-electron chi connectivity index (χ0n) is 5.11. The van der Waals surface area contributed by atoms with Gasteiger partial charge in [0, 0.05) is 6.54 Å². The van der Waals surface area contributed by atoms with Crippen LogP contribution in [0.2, 0.25) is 0 Å². The van der Waals surface area contributed by atoms with Crippen LogP contribution in [-0.4, -0.2) is 16.7 Å². The van der Waals surface area contributed by atoms with E-state index in [-0.39, 0.29) is 0 Å². The van der Waals surface area contributed by atoms with Gasteiger partial charge in [-0.25, -0.2) is 5.84 Å². The van der Waals surface area contributed by atoms with E-state index in [9.17, 15) is 0 Å². The zero-order valence-corrected chi connectivity index (χ0v) is 5.11. The van der Waals surface area contributed by atoms with Gasteiger partial charge in [-0.05, 0) is 6.92 Å². The lowest BCUT2D eigenvalue weighted by Crippen LogP contribution is -2.30. The molecular weight excluding hydrogens is 120 g/mol. The van der Waals surface area contributed by atoms with Gasteiger partial charge in [-0.15, -0.1) is 0 Å². The number of anilines is 1. The van der Waals surface area contributed by atoms with Crippen molar-refractivity contribution in [1.29, 1.82) is 0 Å². The minimum Gasteiger partial charge on any atom is -0.314 e. The molecule has 0 spiro atoms. The molecule has 0 atom stereocenters. The third-order valence-electron chi connectivity index (χ3n) is 0.936. The van der Waals surface area contributed by atoms with E-state index < -0.39 is 0 Å². The largest absolute Gasteiger partial charge is 0.337 e. The summed E-state index contributed by atoms with van der Waals surface area (Å²) < 4.78 is 4.63. The summed E-state index contributed by atoms with van der Waals surface area (Å²) in [7, 11) is 0. The highest BCUT2D eigenvalue weighted by atomic mass is 16.5. The van der Waals surface area contributed by atoms with Crippen molar-refractivity contribution >= 4 is 6.01 Å². The van der Waals surface area contributed by atoms with Crippen LogP contribution in [0.15, 0.2) is 10.9 Å². The lowest BCUT2D eigenvalue weighted by Gasteiger charge is -2.07. The highest BCUT2D eigenvalue weighted by molar-refractivity contribution is 5.18. The summed E-state index contributed by atoms with van der Waals surface area (Å²) in [4.78, 5) is 3.71. The van der Waals surface area contributed by atoms with Crippen molar-refractivity contribution in [1.82, 2.24) is 10.1 Å². The Morgan fingerprint density at radius 2 is 2.67 bits per heavy atom. The minimum absolute atomic E-state index is 0.345. The third-order valence-corrected chi connectivity index (χ3v) is 0.936. The predicted octanol–water partition coefficient (Wildman–Crippen LogP) is -0.230. The molecule has 0 aliphatic heterocycles. The van der Waals surface area contributed by atoms with Gasteiger partial charge in [-0.3, -0.25) is 5.01 Å². The molecule has 0 radical (unpaired) electrons. The number of rotatable bonds is 2. The van der Waals surface area contributed by atoms with Crippen LogP contribution in [-0.2, 0) is 0 Å². The van der Waals surface area contributed by atoms with Crippen LogP contribution in [0, 0.1) is 0 Å². The Bertz CT molecular complexity index is 161. The van der Waals surface area contributed by atoms with Gasteiger partial charge in [0.1, 0.15) is 0 Å². The Hall–Kier alpha value is -1.10. The molecule has 0 bridgehead atoms. The molecule has 1 aromatic rings. The third kappa shape index (κ3) is 1.17. The summed E-state index contributed by atoms with van der Waals surface area (Å²) in [5.41, 5.74) is 0. The summed E-state index contributed by atoms with van der Waals surface area (Å²) >= 11 is 0. The van der Waals surface area contributed by atoms with Crippen molar-refractivity contribution in [2.45, 2.75) is 6.92 Å². The first-order valence-corrected chi connectivity index (χ1v) is 2.63. The normalized spacial score (nSPS) is 9.56. The highest BCUT2D eigenvalue weighted by Crippen LogP contribution is 2.00. The monoisotopic (exact) mass is 128 g/mol. The summed E-state index contributed by atoms with van der Waals surface area (Å²) in [5, 5.41) is 4.75. The summed E-state index contributed by atoms with van der Waals surface area (Å²) in [6, 6.07) is 0.345. The first-order valence-electron chi connectivity index (χ1n) is 2.63. The fraction of sp³-hybridized carbons (Fsp3) is 0.500. The molecule has 5 heteroatoms. The van der Waals surface area contributed by atoms with Gasteiger partial charge in [0.2, 0.25) is 0 Å². The van der Waals surface area contributed by atoms with Crippen LogP contribution in [0.3, 0.4) is 0 Å². The molecule has 0 unspecified atom stereocenters. The number of nitrogens with two attached hydrogens (primary N) is 1. The molecule has 0 fully saturated rings. The molecule has 0 saturated heterocycles. The van der Waals surface area contributed by atoms with E-state index in [1.165, 1.54) is 11.3 Å². The molecule has 1 heterocycles. The van der Waals surface area contributed by atoms with Crippen molar-refractivity contribution in [3.8, 4) is 0 Å². The van der Waals surface area contributed by atoms with E-state index in [4.69, 9.17) is 5.84 Å². The topological polar surface area (TPSA) is 68.2 Å². The Kier molecular flexibility index (Phi) is 1.64. The van der Waals surface area contributed by atoms with Crippen LogP contribution in [0.1, 0.15) is 6.92 Å². The van der Waals surface area contributed by atoms with Crippen LogP contribution >= 0.6 is 0 Å². The Balaban J connectivity index is 2.65. The van der Waals surface area contributed by atoms with Crippen LogP contribution in [0.4, 0.5) is 6.01 Å². The maximum absolute atomic E-state index is 5.38. The average molecular weight is 128 g/mol. The van der Waals surface area contributed by atoms with E-state index in [2.05, 4.69) is 14.7 Å². The Labute approximate surface area is 52.4 Å². The lowest BCUT2D eigenvalue weighted by molar-refractivity contribution is 0.414. The molecule has 1 aromatic heterocycles. The van der Waals surface area contributed by atoms with Crippen LogP contribution in [0.25, 0.3) is 0 Å². The zero-order chi connectivity index (χ0) is 6.69. The Morgan fingerprint density at radius 1 is 1.89 bits per heavy atom. The SMILES string of the molecule is CCN(N)c1ncno1. The Morgan fingerprint density at radius 3 is 3.11 bits per heavy atom. The van der Waals surface area contributed by atoms with Crippen LogP contribution < -0.4 is 10.9 Å². The second-order valence-electron chi connectivity index (χ2n) is 1.51. The molecule has 0 aromatic carbocycles. The van der Waals surface area contributed by atoms with Crippen molar-refractivity contribution in [3.05, 3.63) is 6.33 Å². The molecule has 50 valence electrons. The van der Waals surface area contributed by atoms with Crippen molar-refractivity contribution in [2.24, 2.45) is 5.84 Å². The lowest BCUT2D eigenvalue weighted by atomic mass is 10.7. The standard InChI is InChI=1S/C4H8N4O/c1-2-8(5)4-6-3-7-9-4/h3H,2,5H2,1H3. The molecule has 9 heavy (non-hydrogen) atoms. The maximum atomic E-state index is 5.38. The highest BCUT2D eigenvalue weighted by Gasteiger charge is 2.01. The van der Waals surface area contributed by atoms with Gasteiger partial charge in [-0.1, -0.05) is 5.16 Å². The quantitative estimate of drug-likeness (QED) is 0.440. The van der Waals surface area contributed by atoms with E-state index >= 15 is 0 Å². The van der Waals surface area contributed by atoms with Crippen molar-refractivity contribution in [2.75, 3.05) is 11.6 Å². The second-order valence-corrected chi connectivity index (χ2v) is 1.51. The van der Waals surface area contributed by atoms with Crippen molar-refractivity contribution in [3.63, 3.8) is 0 Å². The van der Waals surface area contributed by atoms with Gasteiger partial charge in [0.05, 0.1) is 0 Å². The number of hydrogen-bond donors (Lipinski definition) is 1. The van der Waals surface area contributed by atoms with Gasteiger partial charge >= 0.3 is 6.01 Å². The number of hydrogen-bond acceptors (Lipinski definition) is 5. The van der Waals surface area contributed by atoms with E-state index in [0.717, 1.165) is 0 Å². The fourth-order valence-electron chi connectivity index (χ4n) is 0.429. The second kappa shape index (κ2) is 2.45. The van der Waals surface area contributed by atoms with Gasteiger partial charge in [-0.2, -0.15) is 4.98 Å². The summed E-state index contributed by atoms with van der Waals surface area (Å²) in [6.45, 7) is 2.55. The molecule has 1 rings (SSSR count). The van der Waals surface area contributed by atoms with Crippen LogP contribution in [0.5, 0.6) is 0 Å². The molecular formula is C4H8N4O. The molecule has 0 aliphatic carbocycles. The first-order chi connectivity index (χ1) is 4.34. The molecule has 2 N–H and O–H groups in total. The number of aromatic nitrogens is 2. The average Bonchev–Trinajstić information content (AvgIpc) is 2.37. The van der Waals surface area contributed by atoms with Crippen molar-refractivity contribution < 1.29 is 4.52 Å². The van der Waals surface area contributed by atoms with E-state index in [1.807, 2.05) is 6.92 Å². The summed E-state index contributed by atoms with van der Waals surface area (Å²) in [5.74, 6) is 5.38. The number of hydrazine groups is 1. The molecule has 5 nitrogen and oxygen atoms in total. The number of nitrogens with zero attached hydrogens (tertiary/aromatic N) is 3.